The normalized spacial score (nSPS) is 21.2. The molecule has 25 heavy (non-hydrogen) atoms. The molecule has 1 amide bonds. The number of nitrogens with one attached hydrogen (secondary N) is 2. The molecule has 1 fully saturated rings. The number of rotatable bonds is 3. The summed E-state index contributed by atoms with van der Waals surface area (Å²) < 4.78 is 38.6. The molecule has 2 atom stereocenters. The topological polar surface area (TPSA) is 74.8 Å². The van der Waals surface area contributed by atoms with E-state index in [1.165, 1.54) is 0 Å². The van der Waals surface area contributed by atoms with Gasteiger partial charge < -0.3 is 5.32 Å². The van der Waals surface area contributed by atoms with Crippen molar-refractivity contribution in [2.24, 2.45) is 5.92 Å². The van der Waals surface area contributed by atoms with Crippen molar-refractivity contribution in [1.82, 2.24) is 15.5 Å². The number of fused-ring (bicyclic) bond motifs is 1. The molecule has 1 aliphatic rings. The van der Waals surface area contributed by atoms with Crippen LogP contribution in [0.15, 0.2) is 29.1 Å². The molecule has 2 N–H and O–H groups in total. The van der Waals surface area contributed by atoms with Crippen LogP contribution in [0.5, 0.6) is 0 Å². The number of benzene rings is 1. The largest absolute Gasteiger partial charge is 0.391 e. The fourth-order valence-electron chi connectivity index (χ4n) is 3.36. The summed E-state index contributed by atoms with van der Waals surface area (Å²) in [6, 6.07) is 6.29. The summed E-state index contributed by atoms with van der Waals surface area (Å²) in [7, 11) is 0. The number of halogens is 3. The second kappa shape index (κ2) is 6.85. The Kier molecular flexibility index (Phi) is 4.78. The van der Waals surface area contributed by atoms with Gasteiger partial charge in [-0.15, -0.1) is 0 Å². The molecule has 8 heteroatoms. The Bertz CT molecular complexity index is 832. The third-order valence-electron chi connectivity index (χ3n) is 4.61. The number of aromatic nitrogens is 2. The third kappa shape index (κ3) is 4.00. The first-order valence-corrected chi connectivity index (χ1v) is 8.17. The number of carbonyl (C=O) groups is 1. The van der Waals surface area contributed by atoms with E-state index in [9.17, 15) is 22.8 Å². The van der Waals surface area contributed by atoms with E-state index in [2.05, 4.69) is 15.5 Å². The summed E-state index contributed by atoms with van der Waals surface area (Å²) in [6.45, 7) is 0. The number of H-pyrrole nitrogens is 1. The van der Waals surface area contributed by atoms with Crippen molar-refractivity contribution >= 4 is 16.7 Å². The number of nitrogens with zero attached hydrogens (tertiary/aromatic N) is 1. The van der Waals surface area contributed by atoms with Gasteiger partial charge in [0.05, 0.1) is 23.4 Å². The first-order valence-electron chi connectivity index (χ1n) is 8.17. The monoisotopic (exact) mass is 353 g/mol. The Morgan fingerprint density at radius 3 is 2.68 bits per heavy atom. The maximum atomic E-state index is 12.9. The summed E-state index contributed by atoms with van der Waals surface area (Å²) in [5.74, 6) is -1.75. The van der Waals surface area contributed by atoms with Crippen LogP contribution in [0.2, 0.25) is 0 Å². The summed E-state index contributed by atoms with van der Waals surface area (Å²) in [5.41, 5.74) is 0.0518. The number of hydrogen-bond donors (Lipinski definition) is 2. The van der Waals surface area contributed by atoms with Crippen molar-refractivity contribution in [3.63, 3.8) is 0 Å². The fourth-order valence-corrected chi connectivity index (χ4v) is 3.36. The molecule has 1 aromatic carbocycles. The number of hydrogen-bond acceptors (Lipinski definition) is 3. The van der Waals surface area contributed by atoms with E-state index in [0.717, 1.165) is 0 Å². The van der Waals surface area contributed by atoms with E-state index in [1.807, 2.05) is 0 Å². The molecule has 0 aliphatic heterocycles. The zero-order valence-electron chi connectivity index (χ0n) is 13.4. The minimum Gasteiger partial charge on any atom is -0.353 e. The summed E-state index contributed by atoms with van der Waals surface area (Å²) in [4.78, 5) is 24.0. The lowest BCUT2D eigenvalue weighted by Crippen LogP contribution is -2.42. The van der Waals surface area contributed by atoms with E-state index in [1.54, 1.807) is 24.3 Å². The average molecular weight is 353 g/mol. The molecule has 0 radical (unpaired) electrons. The molecule has 2 aromatic rings. The van der Waals surface area contributed by atoms with Crippen molar-refractivity contribution in [3.8, 4) is 0 Å². The first-order chi connectivity index (χ1) is 11.8. The van der Waals surface area contributed by atoms with Crippen LogP contribution in [0.25, 0.3) is 10.8 Å². The minimum atomic E-state index is -4.22. The average Bonchev–Trinajstić information content (AvgIpc) is 2.57. The van der Waals surface area contributed by atoms with Gasteiger partial charge in [-0.25, -0.2) is 5.10 Å². The molecule has 0 spiro atoms. The van der Waals surface area contributed by atoms with Gasteiger partial charge in [-0.1, -0.05) is 24.6 Å². The van der Waals surface area contributed by atoms with Gasteiger partial charge in [-0.2, -0.15) is 18.3 Å². The molecule has 1 aromatic heterocycles. The first kappa shape index (κ1) is 17.4. The van der Waals surface area contributed by atoms with Gasteiger partial charge in [0.2, 0.25) is 5.91 Å². The van der Waals surface area contributed by atoms with E-state index < -0.39 is 24.0 Å². The zero-order valence-corrected chi connectivity index (χ0v) is 13.4. The number of amides is 1. The van der Waals surface area contributed by atoms with Crippen LogP contribution in [-0.4, -0.2) is 28.3 Å². The lowest BCUT2D eigenvalue weighted by molar-refractivity contribution is -0.184. The van der Waals surface area contributed by atoms with E-state index in [4.69, 9.17) is 0 Å². The van der Waals surface area contributed by atoms with Crippen LogP contribution in [0.1, 0.15) is 31.4 Å². The van der Waals surface area contributed by atoms with Gasteiger partial charge in [0.15, 0.2) is 0 Å². The van der Waals surface area contributed by atoms with Crippen molar-refractivity contribution in [3.05, 3.63) is 40.3 Å². The standard InChI is InChI=1S/C17H18F3N3O2/c18-17(19,20)10-4-3-5-11(8-10)21-15(24)9-14-12-6-1-2-7-13(12)16(25)23-22-14/h1-2,6-7,10-11H,3-5,8-9H2,(H,21,24)(H,23,25)/t10-,11+/m1/s1. The molecule has 0 unspecified atom stereocenters. The molecular weight excluding hydrogens is 335 g/mol. The van der Waals surface area contributed by atoms with Gasteiger partial charge in [0.1, 0.15) is 0 Å². The summed E-state index contributed by atoms with van der Waals surface area (Å²) in [6.07, 6.45) is -3.31. The Hall–Kier alpha value is -2.38. The SMILES string of the molecule is O=C(Cc1n[nH]c(=O)c2ccccc12)N[C@H]1CCC[C@@H](C(F)(F)F)C1. The van der Waals surface area contributed by atoms with E-state index in [-0.39, 0.29) is 24.8 Å². The van der Waals surface area contributed by atoms with Crippen molar-refractivity contribution < 1.29 is 18.0 Å². The highest BCUT2D eigenvalue weighted by Crippen LogP contribution is 2.37. The molecule has 0 bridgehead atoms. The van der Waals surface area contributed by atoms with E-state index >= 15 is 0 Å². The van der Waals surface area contributed by atoms with Gasteiger partial charge in [0.25, 0.3) is 5.56 Å². The Morgan fingerprint density at radius 1 is 1.24 bits per heavy atom. The predicted octanol–water partition coefficient (Wildman–Crippen LogP) is 2.70. The minimum absolute atomic E-state index is 0.0883. The molecule has 3 rings (SSSR count). The molecular formula is C17H18F3N3O2. The molecule has 1 heterocycles. The molecule has 1 aliphatic carbocycles. The highest BCUT2D eigenvalue weighted by Gasteiger charge is 2.42. The predicted molar refractivity (Wildman–Crippen MR) is 86.0 cm³/mol. The van der Waals surface area contributed by atoms with Crippen LogP contribution < -0.4 is 10.9 Å². The highest BCUT2D eigenvalue weighted by molar-refractivity contribution is 5.88. The smallest absolute Gasteiger partial charge is 0.353 e. The van der Waals surface area contributed by atoms with Gasteiger partial charge in [0, 0.05) is 11.4 Å². The quantitative estimate of drug-likeness (QED) is 0.891. The lowest BCUT2D eigenvalue weighted by atomic mass is 9.85. The summed E-state index contributed by atoms with van der Waals surface area (Å²) in [5, 5.41) is 9.93. The molecule has 0 saturated heterocycles. The Labute approximate surface area is 141 Å². The van der Waals surface area contributed by atoms with Crippen LogP contribution in [-0.2, 0) is 11.2 Å². The molecule has 5 nitrogen and oxygen atoms in total. The van der Waals surface area contributed by atoms with Crippen LogP contribution >= 0.6 is 0 Å². The number of carbonyl (C=O) groups excluding carboxylic acids is 1. The fraction of sp³-hybridized carbons (Fsp3) is 0.471. The second-order valence-electron chi connectivity index (χ2n) is 6.39. The van der Waals surface area contributed by atoms with Crippen LogP contribution in [0.4, 0.5) is 13.2 Å². The molecule has 1 saturated carbocycles. The van der Waals surface area contributed by atoms with Gasteiger partial charge >= 0.3 is 6.18 Å². The van der Waals surface area contributed by atoms with E-state index in [0.29, 0.717) is 29.3 Å². The summed E-state index contributed by atoms with van der Waals surface area (Å²) >= 11 is 0. The highest BCUT2D eigenvalue weighted by atomic mass is 19.4. The van der Waals surface area contributed by atoms with Crippen LogP contribution in [0, 0.1) is 5.92 Å². The Balaban J connectivity index is 1.69. The maximum Gasteiger partial charge on any atom is 0.391 e. The van der Waals surface area contributed by atoms with Crippen molar-refractivity contribution in [2.45, 2.75) is 44.3 Å². The third-order valence-corrected chi connectivity index (χ3v) is 4.61. The zero-order chi connectivity index (χ0) is 18.0. The van der Waals surface area contributed by atoms with Crippen LogP contribution in [0.3, 0.4) is 0 Å². The van der Waals surface area contributed by atoms with Crippen molar-refractivity contribution in [2.75, 3.05) is 0 Å². The Morgan fingerprint density at radius 2 is 1.96 bits per heavy atom. The maximum absolute atomic E-state index is 12.9. The number of aromatic amines is 1. The molecule has 134 valence electrons. The van der Waals surface area contributed by atoms with Crippen molar-refractivity contribution in [1.29, 1.82) is 0 Å². The number of alkyl halides is 3. The van der Waals surface area contributed by atoms with Gasteiger partial charge in [-0.05, 0) is 25.3 Å². The van der Waals surface area contributed by atoms with Gasteiger partial charge in [-0.3, -0.25) is 9.59 Å². The second-order valence-corrected chi connectivity index (χ2v) is 6.39. The lowest BCUT2D eigenvalue weighted by Gasteiger charge is -2.31.